The Kier molecular flexibility index (Phi) is 13.3. The van der Waals surface area contributed by atoms with Crippen LogP contribution in [0.5, 0.6) is 0 Å². The molecule has 1 nitrogen and oxygen atoms in total. The summed E-state index contributed by atoms with van der Waals surface area (Å²) in [6.45, 7) is 32.6. The SMILES string of the molecule is C[C]1[C](C)[C](C)[C](C)[C]1C.C[C]1[C](C)[C](C)[C](C)[C]1C.[CH-]=C(O)C(C)(C)C.[Ti+3]. The summed E-state index contributed by atoms with van der Waals surface area (Å²) in [4.78, 5) is 0. The quantitative estimate of drug-likeness (QED) is 0.242. The molecule has 0 unspecified atom stereocenters. The molecule has 153 valence electrons. The van der Waals surface area contributed by atoms with Crippen LogP contribution < -0.4 is 0 Å². The van der Waals surface area contributed by atoms with Gasteiger partial charge < -0.3 is 11.7 Å². The van der Waals surface area contributed by atoms with E-state index in [1.54, 1.807) is 0 Å². The predicted molar refractivity (Wildman–Crippen MR) is 119 cm³/mol. The molecule has 0 bridgehead atoms. The number of aliphatic hydroxyl groups is 1. The van der Waals surface area contributed by atoms with E-state index in [0.717, 1.165) is 0 Å². The van der Waals surface area contributed by atoms with E-state index in [-0.39, 0.29) is 32.9 Å². The van der Waals surface area contributed by atoms with Crippen molar-refractivity contribution in [3.05, 3.63) is 71.5 Å². The summed E-state index contributed by atoms with van der Waals surface area (Å²) in [5, 5.41) is 8.58. The first-order valence-electron chi connectivity index (χ1n) is 9.76. The molecule has 2 fully saturated rings. The Hall–Kier alpha value is 0.254. The zero-order valence-corrected chi connectivity index (χ0v) is 22.1. The van der Waals surface area contributed by atoms with Crippen molar-refractivity contribution in [1.29, 1.82) is 0 Å². The van der Waals surface area contributed by atoms with Crippen LogP contribution in [0, 0.1) is 71.2 Å². The molecule has 1 N–H and O–H groups in total. The van der Waals surface area contributed by atoms with E-state index in [1.165, 1.54) is 59.2 Å². The van der Waals surface area contributed by atoms with Crippen molar-refractivity contribution in [3.63, 3.8) is 0 Å². The van der Waals surface area contributed by atoms with E-state index in [2.05, 4.69) is 69.2 Å². The van der Waals surface area contributed by atoms with E-state index in [9.17, 15) is 0 Å². The molecule has 0 amide bonds. The Bertz CT molecular complexity index is 332. The zero-order valence-electron chi connectivity index (χ0n) is 20.5. The van der Waals surface area contributed by atoms with Gasteiger partial charge in [-0.05, 0) is 64.6 Å². The molecule has 2 saturated carbocycles. The molecule has 0 aromatic heterocycles. The van der Waals surface area contributed by atoms with Gasteiger partial charge in [-0.15, -0.1) is 0 Å². The van der Waals surface area contributed by atoms with Crippen molar-refractivity contribution in [3.8, 4) is 0 Å². The van der Waals surface area contributed by atoms with Crippen molar-refractivity contribution >= 4 is 0 Å². The summed E-state index contributed by atoms with van der Waals surface area (Å²) < 4.78 is 0. The van der Waals surface area contributed by atoms with Crippen LogP contribution in [0.25, 0.3) is 0 Å². The molecule has 2 rings (SSSR count). The van der Waals surface area contributed by atoms with Crippen molar-refractivity contribution < 1.29 is 26.8 Å². The molecule has 0 atom stereocenters. The Labute approximate surface area is 193 Å². The van der Waals surface area contributed by atoms with Gasteiger partial charge in [-0.1, -0.05) is 95.8 Å². The van der Waals surface area contributed by atoms with E-state index in [4.69, 9.17) is 11.7 Å². The number of allylic oxidation sites excluding steroid dienone is 1. The first kappa shape index (κ1) is 30.4. The molecule has 2 aliphatic rings. The minimum Gasteiger partial charge on any atom is -0.549 e. The number of hydrogen-bond acceptors (Lipinski definition) is 1. The van der Waals surface area contributed by atoms with Crippen LogP contribution in [-0.4, -0.2) is 5.11 Å². The van der Waals surface area contributed by atoms with Crippen LogP contribution in [0.4, 0.5) is 0 Å². The third kappa shape index (κ3) is 7.83. The maximum atomic E-state index is 8.58. The second-order valence-electron chi connectivity index (χ2n) is 8.89. The number of aliphatic hydroxyl groups excluding tert-OH is 1. The topological polar surface area (TPSA) is 20.2 Å². The summed E-state index contributed by atoms with van der Waals surface area (Å²) in [6.07, 6.45) is 0. The van der Waals surface area contributed by atoms with Gasteiger partial charge in [0.2, 0.25) is 0 Å². The first-order chi connectivity index (χ1) is 12.1. The van der Waals surface area contributed by atoms with Crippen molar-refractivity contribution in [2.24, 2.45) is 5.41 Å². The molecular weight excluding hydrogens is 376 g/mol. The van der Waals surface area contributed by atoms with Crippen molar-refractivity contribution in [2.75, 3.05) is 0 Å². The molecule has 28 heavy (non-hydrogen) atoms. The van der Waals surface area contributed by atoms with Gasteiger partial charge in [-0.3, -0.25) is 0 Å². The zero-order chi connectivity index (χ0) is 21.9. The summed E-state index contributed by atoms with van der Waals surface area (Å²) in [5.74, 6) is 14.7. The van der Waals surface area contributed by atoms with Crippen LogP contribution in [0.15, 0.2) is 5.76 Å². The van der Waals surface area contributed by atoms with Gasteiger partial charge in [0, 0.05) is 0 Å². The molecule has 0 saturated heterocycles. The fourth-order valence-corrected chi connectivity index (χ4v) is 2.81. The van der Waals surface area contributed by atoms with E-state index < -0.39 is 0 Å². The van der Waals surface area contributed by atoms with Crippen LogP contribution in [0.2, 0.25) is 0 Å². The summed E-state index contributed by atoms with van der Waals surface area (Å²) in [5.41, 5.74) is -0.250. The van der Waals surface area contributed by atoms with Gasteiger partial charge in [0.05, 0.1) is 0 Å². The van der Waals surface area contributed by atoms with E-state index >= 15 is 0 Å². The molecule has 2 aliphatic carbocycles. The fraction of sp³-hybridized carbons (Fsp3) is 0.538. The van der Waals surface area contributed by atoms with E-state index in [1.807, 2.05) is 20.8 Å². The average molecular weight is 417 g/mol. The van der Waals surface area contributed by atoms with Gasteiger partial charge in [0.1, 0.15) is 0 Å². The van der Waals surface area contributed by atoms with Crippen LogP contribution in [0.3, 0.4) is 0 Å². The number of hydrogen-bond donors (Lipinski definition) is 1. The van der Waals surface area contributed by atoms with E-state index in [0.29, 0.717) is 0 Å². The largest absolute Gasteiger partial charge is 3.00 e. The Morgan fingerprint density at radius 3 is 0.607 bits per heavy atom. The monoisotopic (exact) mass is 417 g/mol. The van der Waals surface area contributed by atoms with Crippen molar-refractivity contribution in [2.45, 2.75) is 90.0 Å². The van der Waals surface area contributed by atoms with Gasteiger partial charge in [-0.2, -0.15) is 0 Å². The minimum atomic E-state index is -0.250. The standard InChI is InChI=1S/2C10H15.C6H11O.Ti/c2*1-6-7(2)9(4)10(5)8(6)3;1-5(7)6(2,3)4;/h2*1-5H3;1,7H,2-4H3;/q;;-1;+3. The smallest absolute Gasteiger partial charge is 0.549 e. The Morgan fingerprint density at radius 1 is 0.500 bits per heavy atom. The molecule has 0 aromatic rings. The first-order valence-corrected chi connectivity index (χ1v) is 9.76. The molecular formula is C26H41OTi+2. The van der Waals surface area contributed by atoms with Gasteiger partial charge in [0.15, 0.2) is 0 Å². The summed E-state index contributed by atoms with van der Waals surface area (Å²) in [7, 11) is 0. The second kappa shape index (κ2) is 12.2. The maximum Gasteiger partial charge on any atom is 3.00 e. The second-order valence-corrected chi connectivity index (χ2v) is 8.89. The number of rotatable bonds is 0. The van der Waals surface area contributed by atoms with Crippen LogP contribution >= 0.6 is 0 Å². The Morgan fingerprint density at radius 2 is 0.571 bits per heavy atom. The molecule has 0 heterocycles. The minimum absolute atomic E-state index is 0. The van der Waals surface area contributed by atoms with Crippen LogP contribution in [0.1, 0.15) is 90.0 Å². The molecule has 2 heteroatoms. The summed E-state index contributed by atoms with van der Waals surface area (Å²) >= 11 is 0. The van der Waals surface area contributed by atoms with Gasteiger partial charge in [0.25, 0.3) is 0 Å². The normalized spacial score (nSPS) is 23.2. The molecule has 0 aromatic carbocycles. The maximum absolute atomic E-state index is 8.58. The predicted octanol–water partition coefficient (Wildman–Crippen LogP) is 7.85. The summed E-state index contributed by atoms with van der Waals surface area (Å²) in [6, 6.07) is 0. The average Bonchev–Trinajstić information content (AvgIpc) is 2.86. The van der Waals surface area contributed by atoms with Crippen LogP contribution in [-0.2, 0) is 21.7 Å². The fourth-order valence-electron chi connectivity index (χ4n) is 2.81. The third-order valence-corrected chi connectivity index (χ3v) is 6.39. The van der Waals surface area contributed by atoms with Gasteiger partial charge in [-0.25, -0.2) is 0 Å². The van der Waals surface area contributed by atoms with Crippen molar-refractivity contribution in [1.82, 2.24) is 0 Å². The Balaban J connectivity index is 0. The molecule has 0 spiro atoms. The molecule has 11 radical (unpaired) electrons. The molecule has 0 aliphatic heterocycles. The van der Waals surface area contributed by atoms with Gasteiger partial charge >= 0.3 is 21.7 Å². The third-order valence-electron chi connectivity index (χ3n) is 6.39.